The number of aryl methyl sites for hydroxylation is 2. The summed E-state index contributed by atoms with van der Waals surface area (Å²) in [5.74, 6) is 0.0334. The van der Waals surface area contributed by atoms with Crippen molar-refractivity contribution in [2.45, 2.75) is 44.8 Å². The van der Waals surface area contributed by atoms with E-state index in [1.807, 2.05) is 43.5 Å². The molecule has 0 radical (unpaired) electrons. The third-order valence-electron chi connectivity index (χ3n) is 6.82. The lowest BCUT2D eigenvalue weighted by molar-refractivity contribution is -0.141. The summed E-state index contributed by atoms with van der Waals surface area (Å²) in [4.78, 5) is 25.3. The van der Waals surface area contributed by atoms with Gasteiger partial charge in [-0.05, 0) is 56.0 Å². The molecule has 1 amide bonds. The topological polar surface area (TPSA) is 74.7 Å². The number of aliphatic hydroxyl groups excluding tert-OH is 1. The van der Waals surface area contributed by atoms with Gasteiger partial charge in [0.2, 0.25) is 0 Å². The molecule has 3 aromatic rings. The number of hydroxylamine groups is 1. The van der Waals surface area contributed by atoms with Gasteiger partial charge in [-0.2, -0.15) is 0 Å². The second kappa shape index (κ2) is 10.5. The Hall–Kier alpha value is -2.42. The maximum Gasteiger partial charge on any atom is 0.256 e. The van der Waals surface area contributed by atoms with Crippen molar-refractivity contribution in [3.8, 4) is 0 Å². The Morgan fingerprint density at radius 1 is 1.19 bits per heavy atom. The van der Waals surface area contributed by atoms with E-state index in [0.29, 0.717) is 28.7 Å². The number of hydrogen-bond acceptors (Lipinski definition) is 6. The van der Waals surface area contributed by atoms with E-state index in [1.165, 1.54) is 0 Å². The summed E-state index contributed by atoms with van der Waals surface area (Å²) in [7, 11) is 0. The zero-order chi connectivity index (χ0) is 25.4. The molecular formula is C27H27Cl2N3O3S. The molecule has 9 heteroatoms. The van der Waals surface area contributed by atoms with E-state index in [1.54, 1.807) is 34.4 Å². The van der Waals surface area contributed by atoms with Crippen LogP contribution < -0.4 is 5.48 Å². The summed E-state index contributed by atoms with van der Waals surface area (Å²) >= 11 is 14.3. The van der Waals surface area contributed by atoms with Gasteiger partial charge in [-0.25, -0.2) is 4.98 Å². The minimum Gasteiger partial charge on any atom is -0.378 e. The number of carbonyl (C=O) groups is 1. The first-order chi connectivity index (χ1) is 17.3. The van der Waals surface area contributed by atoms with Crippen LogP contribution in [0.25, 0.3) is 5.70 Å². The van der Waals surface area contributed by atoms with Crippen LogP contribution in [0.4, 0.5) is 0 Å². The van der Waals surface area contributed by atoms with Crippen LogP contribution in [0.1, 0.15) is 63.9 Å². The molecular weight excluding hydrogens is 517 g/mol. The van der Waals surface area contributed by atoms with Gasteiger partial charge in [-0.1, -0.05) is 53.0 Å². The Morgan fingerprint density at radius 2 is 1.92 bits per heavy atom. The lowest BCUT2D eigenvalue weighted by atomic mass is 9.95. The maximum atomic E-state index is 13.0. The first kappa shape index (κ1) is 25.2. The van der Waals surface area contributed by atoms with Crippen molar-refractivity contribution in [1.29, 1.82) is 0 Å². The van der Waals surface area contributed by atoms with Crippen molar-refractivity contribution < 1.29 is 14.7 Å². The average Bonchev–Trinajstić information content (AvgIpc) is 3.55. The molecule has 2 aliphatic rings. The molecule has 2 N–H and O–H groups in total. The summed E-state index contributed by atoms with van der Waals surface area (Å²) in [5, 5.41) is 14.9. The van der Waals surface area contributed by atoms with Gasteiger partial charge in [0, 0.05) is 40.0 Å². The van der Waals surface area contributed by atoms with Gasteiger partial charge in [-0.15, -0.1) is 11.3 Å². The largest absolute Gasteiger partial charge is 0.378 e. The monoisotopic (exact) mass is 543 g/mol. The Kier molecular flexibility index (Phi) is 7.37. The Labute approximate surface area is 224 Å². The number of halogens is 2. The summed E-state index contributed by atoms with van der Waals surface area (Å²) in [6.45, 7) is 5.07. The quantitative estimate of drug-likeness (QED) is 0.405. The highest BCUT2D eigenvalue weighted by Gasteiger charge is 2.31. The minimum absolute atomic E-state index is 0.233. The van der Waals surface area contributed by atoms with E-state index in [0.717, 1.165) is 45.9 Å². The van der Waals surface area contributed by atoms with Crippen molar-refractivity contribution in [1.82, 2.24) is 15.4 Å². The van der Waals surface area contributed by atoms with Crippen molar-refractivity contribution in [3.05, 3.63) is 90.9 Å². The lowest BCUT2D eigenvalue weighted by Crippen LogP contribution is -2.40. The molecule has 6 nitrogen and oxygen atoms in total. The normalized spacial score (nSPS) is 19.2. The number of nitrogens with zero attached hydrogens (tertiary/aromatic N) is 2. The molecule has 2 aromatic carbocycles. The highest BCUT2D eigenvalue weighted by atomic mass is 35.5. The van der Waals surface area contributed by atoms with Gasteiger partial charge in [0.05, 0.1) is 16.4 Å². The summed E-state index contributed by atoms with van der Waals surface area (Å²) in [5.41, 5.74) is 7.90. The van der Waals surface area contributed by atoms with E-state index in [2.05, 4.69) is 5.48 Å². The Morgan fingerprint density at radius 3 is 2.64 bits per heavy atom. The molecule has 36 heavy (non-hydrogen) atoms. The molecule has 1 unspecified atom stereocenters. The first-order valence-corrected chi connectivity index (χ1v) is 13.5. The molecule has 2 aliphatic heterocycles. The smallest absolute Gasteiger partial charge is 0.256 e. The number of aliphatic hydroxyl groups is 1. The number of piperidine rings is 1. The molecule has 1 aromatic heterocycles. The average molecular weight is 545 g/mol. The molecule has 0 saturated carbocycles. The van der Waals surface area contributed by atoms with E-state index >= 15 is 0 Å². The maximum absolute atomic E-state index is 13.0. The van der Waals surface area contributed by atoms with Crippen molar-refractivity contribution in [3.63, 3.8) is 0 Å². The number of benzene rings is 2. The van der Waals surface area contributed by atoms with Gasteiger partial charge in [-0.3, -0.25) is 15.1 Å². The molecule has 1 saturated heterocycles. The molecule has 5 rings (SSSR count). The van der Waals surface area contributed by atoms with Crippen LogP contribution >= 0.6 is 34.5 Å². The van der Waals surface area contributed by atoms with Crippen LogP contribution in [0.2, 0.25) is 10.0 Å². The van der Waals surface area contributed by atoms with Crippen molar-refractivity contribution in [2.24, 2.45) is 0 Å². The molecule has 3 heterocycles. The standard InChI is InChI=1S/C27H27Cl2N3O3S/c1-15-6-7-16(2)18(12-15)25(33)27(34)32-10-8-17(9-11-32)26-30-22(14-36-26)21-13-23(35-31-21)24-19(28)4-3-5-20(24)29/h3-7,12-14,17,23,25,31,33H,8-11H2,1-2H3/t23-,25?/m1/s1. The predicted octanol–water partition coefficient (Wildman–Crippen LogP) is 6.12. The molecule has 2 atom stereocenters. The number of thiazole rings is 1. The molecule has 188 valence electrons. The van der Waals surface area contributed by atoms with Crippen LogP contribution in [-0.4, -0.2) is 34.0 Å². The van der Waals surface area contributed by atoms with Crippen LogP contribution in [0.3, 0.4) is 0 Å². The SMILES string of the molecule is Cc1ccc(C)c(C(O)C(=O)N2CCC(c3nc(C4=C[C@H](c5c(Cl)cccc5Cl)ON4)cs3)CC2)c1. The Bertz CT molecular complexity index is 1300. The van der Waals surface area contributed by atoms with Crippen molar-refractivity contribution >= 4 is 46.1 Å². The summed E-state index contributed by atoms with van der Waals surface area (Å²) in [6, 6.07) is 11.2. The predicted molar refractivity (Wildman–Crippen MR) is 143 cm³/mol. The number of aromatic nitrogens is 1. The number of likely N-dealkylation sites (tertiary alicyclic amines) is 1. The van der Waals surface area contributed by atoms with E-state index in [-0.39, 0.29) is 11.8 Å². The highest BCUT2D eigenvalue weighted by Crippen LogP contribution is 2.38. The number of rotatable bonds is 5. The lowest BCUT2D eigenvalue weighted by Gasteiger charge is -2.32. The number of nitrogens with one attached hydrogen (secondary N) is 1. The van der Waals surface area contributed by atoms with Gasteiger partial charge in [0.25, 0.3) is 5.91 Å². The fourth-order valence-corrected chi connectivity index (χ4v) is 6.32. The minimum atomic E-state index is -1.13. The molecule has 0 spiro atoms. The van der Waals surface area contributed by atoms with Gasteiger partial charge >= 0.3 is 0 Å². The summed E-state index contributed by atoms with van der Waals surface area (Å²) < 4.78 is 0. The fourth-order valence-electron chi connectivity index (χ4n) is 4.71. The molecule has 1 fully saturated rings. The third kappa shape index (κ3) is 5.04. The first-order valence-electron chi connectivity index (χ1n) is 11.9. The van der Waals surface area contributed by atoms with E-state index in [9.17, 15) is 9.90 Å². The second-order valence-corrected chi connectivity index (χ2v) is 11.0. The van der Waals surface area contributed by atoms with Gasteiger partial charge in [0.1, 0.15) is 6.10 Å². The number of hydrogen-bond donors (Lipinski definition) is 2. The summed E-state index contributed by atoms with van der Waals surface area (Å²) in [6.07, 6.45) is 2.01. The van der Waals surface area contributed by atoms with Crippen molar-refractivity contribution in [2.75, 3.05) is 13.1 Å². The van der Waals surface area contributed by atoms with Crippen LogP contribution in [0.15, 0.2) is 47.9 Å². The van der Waals surface area contributed by atoms with Gasteiger partial charge < -0.3 is 10.0 Å². The van der Waals surface area contributed by atoms with Crippen LogP contribution in [-0.2, 0) is 9.63 Å². The third-order valence-corrected chi connectivity index (χ3v) is 8.48. The van der Waals surface area contributed by atoms with E-state index in [4.69, 9.17) is 33.0 Å². The number of amides is 1. The molecule has 0 bridgehead atoms. The zero-order valence-electron chi connectivity index (χ0n) is 20.0. The Balaban J connectivity index is 1.22. The zero-order valence-corrected chi connectivity index (χ0v) is 22.3. The van der Waals surface area contributed by atoms with E-state index < -0.39 is 12.2 Å². The fraction of sp³-hybridized carbons (Fsp3) is 0.333. The second-order valence-electron chi connectivity index (χ2n) is 9.29. The van der Waals surface area contributed by atoms with Crippen LogP contribution in [0.5, 0.6) is 0 Å². The van der Waals surface area contributed by atoms with Gasteiger partial charge in [0.15, 0.2) is 6.10 Å². The highest BCUT2D eigenvalue weighted by molar-refractivity contribution is 7.09. The molecule has 0 aliphatic carbocycles. The van der Waals surface area contributed by atoms with Crippen LogP contribution in [0, 0.1) is 13.8 Å². The number of carbonyl (C=O) groups excluding carboxylic acids is 1.